The predicted molar refractivity (Wildman–Crippen MR) is 91.5 cm³/mol. The summed E-state index contributed by atoms with van der Waals surface area (Å²) in [6.07, 6.45) is 4.12. The summed E-state index contributed by atoms with van der Waals surface area (Å²) in [6, 6.07) is 10.4. The van der Waals surface area contributed by atoms with E-state index < -0.39 is 0 Å². The monoisotopic (exact) mass is 348 g/mol. The van der Waals surface area contributed by atoms with Gasteiger partial charge in [-0.15, -0.1) is 0 Å². The second kappa shape index (κ2) is 7.88. The summed E-state index contributed by atoms with van der Waals surface area (Å²) in [7, 11) is 1.79. The third-order valence-electron chi connectivity index (χ3n) is 3.30. The molecule has 0 saturated heterocycles. The number of aliphatic imine (C=N–C) groups is 1. The van der Waals surface area contributed by atoms with E-state index in [-0.39, 0.29) is 0 Å². The summed E-state index contributed by atoms with van der Waals surface area (Å²) >= 11 is 3.48. The van der Waals surface area contributed by atoms with Crippen LogP contribution >= 0.6 is 15.9 Å². The van der Waals surface area contributed by atoms with Gasteiger partial charge in [-0.05, 0) is 42.3 Å². The third kappa shape index (κ3) is 4.93. The first kappa shape index (κ1) is 15.6. The van der Waals surface area contributed by atoms with Crippen molar-refractivity contribution in [3.8, 4) is 0 Å². The molecule has 2 aromatic rings. The van der Waals surface area contributed by atoms with Crippen molar-refractivity contribution in [2.45, 2.75) is 20.0 Å². The van der Waals surface area contributed by atoms with Crippen LogP contribution in [-0.4, -0.2) is 24.1 Å². The molecule has 0 atom stereocenters. The number of aromatic nitrogens is 1. The summed E-state index contributed by atoms with van der Waals surface area (Å²) < 4.78 is 3.25. The summed E-state index contributed by atoms with van der Waals surface area (Å²) in [6.45, 7) is 4.64. The normalized spacial score (nSPS) is 11.5. The van der Waals surface area contributed by atoms with Crippen molar-refractivity contribution in [2.75, 3.05) is 13.6 Å². The fraction of sp³-hybridized carbons (Fsp3) is 0.312. The van der Waals surface area contributed by atoms with E-state index in [9.17, 15) is 0 Å². The molecule has 1 aromatic heterocycles. The molecule has 0 aliphatic carbocycles. The van der Waals surface area contributed by atoms with Gasteiger partial charge in [0.2, 0.25) is 0 Å². The number of hydrogen-bond donors (Lipinski definition) is 2. The van der Waals surface area contributed by atoms with Gasteiger partial charge in [0.05, 0.1) is 0 Å². The van der Waals surface area contributed by atoms with Crippen LogP contribution in [0.25, 0.3) is 0 Å². The molecule has 0 saturated carbocycles. The molecule has 21 heavy (non-hydrogen) atoms. The maximum absolute atomic E-state index is 4.25. The Morgan fingerprint density at radius 3 is 2.67 bits per heavy atom. The van der Waals surface area contributed by atoms with Gasteiger partial charge in [-0.1, -0.05) is 22.0 Å². The Hall–Kier alpha value is -1.75. The van der Waals surface area contributed by atoms with Crippen LogP contribution in [0, 0.1) is 6.92 Å². The van der Waals surface area contributed by atoms with Crippen LogP contribution in [-0.2, 0) is 13.1 Å². The first-order chi connectivity index (χ1) is 10.2. The van der Waals surface area contributed by atoms with E-state index in [0.29, 0.717) is 0 Å². The molecule has 2 rings (SSSR count). The molecule has 5 heteroatoms. The average Bonchev–Trinajstić information content (AvgIpc) is 2.97. The van der Waals surface area contributed by atoms with Gasteiger partial charge in [-0.25, -0.2) is 0 Å². The average molecular weight is 349 g/mol. The molecule has 0 amide bonds. The first-order valence-corrected chi connectivity index (χ1v) is 7.78. The number of hydrogen-bond acceptors (Lipinski definition) is 1. The van der Waals surface area contributed by atoms with Gasteiger partial charge in [0.1, 0.15) is 0 Å². The van der Waals surface area contributed by atoms with E-state index in [2.05, 4.69) is 73.6 Å². The SMILES string of the molecule is CN=C(NCCn1cccc1)NCc1ccc(Br)cc1C. The summed E-state index contributed by atoms with van der Waals surface area (Å²) in [4.78, 5) is 4.25. The number of benzene rings is 1. The van der Waals surface area contributed by atoms with E-state index in [1.807, 2.05) is 12.1 Å². The van der Waals surface area contributed by atoms with Crippen LogP contribution in [0.3, 0.4) is 0 Å². The minimum atomic E-state index is 0.766. The minimum Gasteiger partial charge on any atom is -0.355 e. The Morgan fingerprint density at radius 1 is 1.24 bits per heavy atom. The highest BCUT2D eigenvalue weighted by Gasteiger charge is 2.01. The Bertz CT molecular complexity index is 590. The van der Waals surface area contributed by atoms with Gasteiger partial charge in [-0.3, -0.25) is 4.99 Å². The highest BCUT2D eigenvalue weighted by atomic mass is 79.9. The van der Waals surface area contributed by atoms with E-state index in [4.69, 9.17) is 0 Å². The van der Waals surface area contributed by atoms with Gasteiger partial charge >= 0.3 is 0 Å². The number of nitrogens with one attached hydrogen (secondary N) is 2. The van der Waals surface area contributed by atoms with Crippen LogP contribution in [0.2, 0.25) is 0 Å². The topological polar surface area (TPSA) is 41.4 Å². The Balaban J connectivity index is 1.79. The molecule has 2 N–H and O–H groups in total. The van der Waals surface area contributed by atoms with E-state index in [0.717, 1.165) is 30.1 Å². The molecule has 4 nitrogen and oxygen atoms in total. The molecule has 0 unspecified atom stereocenters. The van der Waals surface area contributed by atoms with Crippen LogP contribution in [0.4, 0.5) is 0 Å². The molecule has 112 valence electrons. The zero-order valence-corrected chi connectivity index (χ0v) is 14.0. The fourth-order valence-corrected chi connectivity index (χ4v) is 2.56. The second-order valence-electron chi connectivity index (χ2n) is 4.84. The quantitative estimate of drug-likeness (QED) is 0.644. The molecule has 0 spiro atoms. The zero-order valence-electron chi connectivity index (χ0n) is 12.4. The van der Waals surface area contributed by atoms with E-state index in [1.165, 1.54) is 11.1 Å². The molecule has 1 aromatic carbocycles. The van der Waals surface area contributed by atoms with Crippen molar-refractivity contribution in [1.29, 1.82) is 0 Å². The fourth-order valence-electron chi connectivity index (χ4n) is 2.08. The predicted octanol–water partition coefficient (Wildman–Crippen LogP) is 2.92. The molecule has 0 fully saturated rings. The van der Waals surface area contributed by atoms with Crippen molar-refractivity contribution in [2.24, 2.45) is 4.99 Å². The lowest BCUT2D eigenvalue weighted by atomic mass is 10.1. The molecule has 0 bridgehead atoms. The smallest absolute Gasteiger partial charge is 0.191 e. The molecule has 0 radical (unpaired) electrons. The van der Waals surface area contributed by atoms with Crippen molar-refractivity contribution < 1.29 is 0 Å². The maximum atomic E-state index is 4.25. The summed E-state index contributed by atoms with van der Waals surface area (Å²) in [5, 5.41) is 6.66. The number of halogens is 1. The minimum absolute atomic E-state index is 0.766. The Morgan fingerprint density at radius 2 is 2.00 bits per heavy atom. The molecule has 0 aliphatic heterocycles. The number of nitrogens with zero attached hydrogens (tertiary/aromatic N) is 2. The van der Waals surface area contributed by atoms with Crippen LogP contribution < -0.4 is 10.6 Å². The lowest BCUT2D eigenvalue weighted by Crippen LogP contribution is -2.38. The van der Waals surface area contributed by atoms with Gasteiger partial charge in [-0.2, -0.15) is 0 Å². The molecule has 0 aliphatic rings. The van der Waals surface area contributed by atoms with Gasteiger partial charge < -0.3 is 15.2 Å². The largest absolute Gasteiger partial charge is 0.355 e. The lowest BCUT2D eigenvalue weighted by Gasteiger charge is -2.13. The summed E-state index contributed by atoms with van der Waals surface area (Å²) in [5.41, 5.74) is 2.53. The number of aryl methyl sites for hydroxylation is 1. The summed E-state index contributed by atoms with van der Waals surface area (Å²) in [5.74, 6) is 0.824. The number of guanidine groups is 1. The second-order valence-corrected chi connectivity index (χ2v) is 5.76. The van der Waals surface area contributed by atoms with Crippen molar-refractivity contribution >= 4 is 21.9 Å². The van der Waals surface area contributed by atoms with Crippen LogP contribution in [0.1, 0.15) is 11.1 Å². The van der Waals surface area contributed by atoms with Gasteiger partial charge in [0, 0.05) is 43.5 Å². The van der Waals surface area contributed by atoms with E-state index >= 15 is 0 Å². The standard InChI is InChI=1S/C16H21BrN4/c1-13-11-15(17)6-5-14(13)12-20-16(18-2)19-7-10-21-8-3-4-9-21/h3-6,8-9,11H,7,10,12H2,1-2H3,(H2,18,19,20). The Kier molecular flexibility index (Phi) is 5.87. The number of rotatable bonds is 5. The van der Waals surface area contributed by atoms with E-state index in [1.54, 1.807) is 7.05 Å². The lowest BCUT2D eigenvalue weighted by molar-refractivity contribution is 0.665. The molecule has 1 heterocycles. The highest BCUT2D eigenvalue weighted by molar-refractivity contribution is 9.10. The maximum Gasteiger partial charge on any atom is 0.191 e. The molecular formula is C16H21BrN4. The van der Waals surface area contributed by atoms with Crippen LogP contribution in [0.5, 0.6) is 0 Å². The first-order valence-electron chi connectivity index (χ1n) is 6.99. The van der Waals surface area contributed by atoms with Crippen LogP contribution in [0.15, 0.2) is 52.2 Å². The highest BCUT2D eigenvalue weighted by Crippen LogP contribution is 2.15. The van der Waals surface area contributed by atoms with Gasteiger partial charge in [0.25, 0.3) is 0 Å². The third-order valence-corrected chi connectivity index (χ3v) is 3.80. The molecular weight excluding hydrogens is 328 g/mol. The zero-order chi connectivity index (χ0) is 15.1. The van der Waals surface area contributed by atoms with Gasteiger partial charge in [0.15, 0.2) is 5.96 Å². The van der Waals surface area contributed by atoms with Crippen molar-refractivity contribution in [3.05, 3.63) is 58.3 Å². The Labute approximate surface area is 134 Å². The van der Waals surface area contributed by atoms with Crippen molar-refractivity contribution in [1.82, 2.24) is 15.2 Å². The van der Waals surface area contributed by atoms with Crippen molar-refractivity contribution in [3.63, 3.8) is 0 Å².